The zero-order valence-corrected chi connectivity index (χ0v) is 13.2. The minimum atomic E-state index is -0.965. The van der Waals surface area contributed by atoms with E-state index < -0.39 is 12.0 Å². The Morgan fingerprint density at radius 1 is 1.11 bits per heavy atom. The number of carboxylic acid groups (broad SMARTS) is 1. The lowest BCUT2D eigenvalue weighted by Gasteiger charge is -2.35. The predicted octanol–water partition coefficient (Wildman–Crippen LogP) is 1.67. The van der Waals surface area contributed by atoms with Gasteiger partial charge < -0.3 is 10.0 Å². The van der Waals surface area contributed by atoms with Crippen molar-refractivity contribution in [2.24, 2.45) is 5.92 Å². The van der Waals surface area contributed by atoms with E-state index in [-0.39, 0.29) is 17.4 Å². The summed E-state index contributed by atoms with van der Waals surface area (Å²) in [5, 5.41) is 9.10. The van der Waals surface area contributed by atoms with Crippen molar-refractivity contribution in [3.63, 3.8) is 0 Å². The van der Waals surface area contributed by atoms with E-state index in [0.717, 1.165) is 0 Å². The molecule has 0 aromatic rings. The number of aliphatic carboxylic acids is 1. The summed E-state index contributed by atoms with van der Waals surface area (Å²) < 4.78 is 0. The Kier molecular flexibility index (Phi) is 6.49. The molecular weight excluding hydrogens is 244 g/mol. The van der Waals surface area contributed by atoms with Gasteiger partial charge in [0.1, 0.15) is 6.04 Å². The van der Waals surface area contributed by atoms with E-state index in [9.17, 15) is 9.59 Å². The van der Waals surface area contributed by atoms with Gasteiger partial charge in [-0.25, -0.2) is 4.79 Å². The number of rotatable bonds is 6. The second kappa shape index (κ2) is 6.89. The summed E-state index contributed by atoms with van der Waals surface area (Å²) in [5.41, 5.74) is -0.000982. The highest BCUT2D eigenvalue weighted by Gasteiger charge is 2.28. The lowest BCUT2D eigenvalue weighted by molar-refractivity contribution is -0.151. The number of hydrogen-bond acceptors (Lipinski definition) is 3. The lowest BCUT2D eigenvalue weighted by Crippen LogP contribution is -2.50. The van der Waals surface area contributed by atoms with Crippen LogP contribution in [0.15, 0.2) is 0 Å². The summed E-state index contributed by atoms with van der Waals surface area (Å²) in [6, 6.07) is -0.789. The van der Waals surface area contributed by atoms with E-state index in [1.807, 2.05) is 7.05 Å². The predicted molar refractivity (Wildman–Crippen MR) is 76.0 cm³/mol. The normalized spacial score (nSPS) is 13.7. The highest BCUT2D eigenvalue weighted by molar-refractivity contribution is 5.84. The van der Waals surface area contributed by atoms with Gasteiger partial charge in [0.15, 0.2) is 0 Å². The fraction of sp³-hybridized carbons (Fsp3) is 0.857. The molecule has 0 aliphatic carbocycles. The maximum Gasteiger partial charge on any atom is 0.326 e. The van der Waals surface area contributed by atoms with E-state index in [1.165, 1.54) is 4.90 Å². The molecule has 0 heterocycles. The zero-order valence-electron chi connectivity index (χ0n) is 13.2. The van der Waals surface area contributed by atoms with E-state index in [4.69, 9.17) is 5.11 Å². The van der Waals surface area contributed by atoms with Crippen LogP contribution in [0.4, 0.5) is 0 Å². The molecule has 19 heavy (non-hydrogen) atoms. The molecule has 0 bridgehead atoms. The highest BCUT2D eigenvalue weighted by atomic mass is 16.4. The Bertz CT molecular complexity index is 321. The largest absolute Gasteiger partial charge is 0.480 e. The molecule has 1 amide bonds. The van der Waals surface area contributed by atoms with Crippen molar-refractivity contribution in [2.75, 3.05) is 20.1 Å². The maximum absolute atomic E-state index is 12.1. The first-order valence-corrected chi connectivity index (χ1v) is 6.73. The van der Waals surface area contributed by atoms with Crippen LogP contribution in [0.5, 0.6) is 0 Å². The SMILES string of the molecule is CC(C)C(=O)N(CCN(C)C(C)(C)C)[C@@H](C)C(=O)O. The number of carbonyl (C=O) groups excluding carboxylic acids is 1. The van der Waals surface area contributed by atoms with Gasteiger partial charge in [-0.1, -0.05) is 13.8 Å². The zero-order chi connectivity index (χ0) is 15.4. The molecule has 0 unspecified atom stereocenters. The third-order valence-corrected chi connectivity index (χ3v) is 3.42. The molecule has 0 fully saturated rings. The molecule has 0 saturated heterocycles. The number of nitrogens with zero attached hydrogens (tertiary/aromatic N) is 2. The topological polar surface area (TPSA) is 60.9 Å². The molecule has 112 valence electrons. The van der Waals surface area contributed by atoms with Gasteiger partial charge in [-0.2, -0.15) is 0 Å². The monoisotopic (exact) mass is 272 g/mol. The van der Waals surface area contributed by atoms with Crippen LogP contribution in [0.25, 0.3) is 0 Å². The summed E-state index contributed by atoms with van der Waals surface area (Å²) in [6.45, 7) is 12.5. The molecular formula is C14H28N2O3. The summed E-state index contributed by atoms with van der Waals surface area (Å²) in [5.74, 6) is -1.27. The van der Waals surface area contributed by atoms with Crippen LogP contribution >= 0.6 is 0 Å². The molecule has 5 nitrogen and oxygen atoms in total. The van der Waals surface area contributed by atoms with Gasteiger partial charge in [0, 0.05) is 24.5 Å². The molecule has 0 rings (SSSR count). The van der Waals surface area contributed by atoms with Crippen LogP contribution < -0.4 is 0 Å². The standard InChI is InChI=1S/C14H28N2O3/c1-10(2)12(17)16(11(3)13(18)19)9-8-15(7)14(4,5)6/h10-11H,8-9H2,1-7H3,(H,18,19)/t11-/m0/s1. The quantitative estimate of drug-likeness (QED) is 0.799. The van der Waals surface area contributed by atoms with Crippen LogP contribution in [0.3, 0.4) is 0 Å². The Hall–Kier alpha value is -1.10. The van der Waals surface area contributed by atoms with Crippen molar-refractivity contribution in [3.8, 4) is 0 Å². The van der Waals surface area contributed by atoms with E-state index >= 15 is 0 Å². The Morgan fingerprint density at radius 3 is 1.89 bits per heavy atom. The molecule has 5 heteroatoms. The van der Waals surface area contributed by atoms with Crippen LogP contribution in [0.1, 0.15) is 41.5 Å². The Morgan fingerprint density at radius 2 is 1.58 bits per heavy atom. The van der Waals surface area contributed by atoms with Gasteiger partial charge in [-0.3, -0.25) is 9.69 Å². The number of carboxylic acids is 1. The van der Waals surface area contributed by atoms with Gasteiger partial charge in [0.25, 0.3) is 0 Å². The Labute approximate surface area is 116 Å². The molecule has 0 saturated carbocycles. The minimum Gasteiger partial charge on any atom is -0.480 e. The minimum absolute atomic E-state index is 0.000982. The van der Waals surface area contributed by atoms with Crippen LogP contribution in [-0.4, -0.2) is 58.5 Å². The number of likely N-dealkylation sites (N-methyl/N-ethyl adjacent to an activating group) is 1. The van der Waals surface area contributed by atoms with Crippen LogP contribution in [0.2, 0.25) is 0 Å². The van der Waals surface area contributed by atoms with E-state index in [0.29, 0.717) is 13.1 Å². The van der Waals surface area contributed by atoms with Crippen molar-refractivity contribution in [3.05, 3.63) is 0 Å². The van der Waals surface area contributed by atoms with Crippen LogP contribution in [0, 0.1) is 5.92 Å². The third kappa shape index (κ3) is 5.59. The molecule has 0 aromatic carbocycles. The summed E-state index contributed by atoms with van der Waals surface area (Å²) >= 11 is 0. The summed E-state index contributed by atoms with van der Waals surface area (Å²) in [7, 11) is 1.98. The van der Waals surface area contributed by atoms with Crippen molar-refractivity contribution in [1.29, 1.82) is 0 Å². The van der Waals surface area contributed by atoms with Crippen molar-refractivity contribution >= 4 is 11.9 Å². The van der Waals surface area contributed by atoms with Crippen molar-refractivity contribution in [1.82, 2.24) is 9.80 Å². The molecule has 0 radical (unpaired) electrons. The van der Waals surface area contributed by atoms with Crippen LogP contribution in [-0.2, 0) is 9.59 Å². The molecule has 0 aromatic heterocycles. The van der Waals surface area contributed by atoms with Crippen molar-refractivity contribution < 1.29 is 14.7 Å². The summed E-state index contributed by atoms with van der Waals surface area (Å²) in [6.07, 6.45) is 0. The van der Waals surface area contributed by atoms with Gasteiger partial charge >= 0.3 is 5.97 Å². The van der Waals surface area contributed by atoms with Gasteiger partial charge in [0.2, 0.25) is 5.91 Å². The smallest absolute Gasteiger partial charge is 0.326 e. The molecule has 0 aliphatic rings. The van der Waals surface area contributed by atoms with E-state index in [1.54, 1.807) is 20.8 Å². The average Bonchev–Trinajstić information content (AvgIpc) is 2.26. The summed E-state index contributed by atoms with van der Waals surface area (Å²) in [4.78, 5) is 26.8. The maximum atomic E-state index is 12.1. The van der Waals surface area contributed by atoms with Crippen molar-refractivity contribution in [2.45, 2.75) is 53.1 Å². The lowest BCUT2D eigenvalue weighted by atomic mass is 10.1. The highest BCUT2D eigenvalue weighted by Crippen LogP contribution is 2.12. The Balaban J connectivity index is 4.79. The molecule has 0 spiro atoms. The molecule has 0 aliphatic heterocycles. The number of carbonyl (C=O) groups is 2. The molecule has 1 N–H and O–H groups in total. The van der Waals surface area contributed by atoms with Gasteiger partial charge in [0.05, 0.1) is 0 Å². The first-order valence-electron chi connectivity index (χ1n) is 6.73. The van der Waals surface area contributed by atoms with Gasteiger partial charge in [-0.15, -0.1) is 0 Å². The first kappa shape index (κ1) is 17.9. The number of amides is 1. The second-order valence-electron chi connectivity index (χ2n) is 6.29. The number of hydrogen-bond donors (Lipinski definition) is 1. The fourth-order valence-corrected chi connectivity index (χ4v) is 1.55. The van der Waals surface area contributed by atoms with E-state index in [2.05, 4.69) is 25.7 Å². The average molecular weight is 272 g/mol. The van der Waals surface area contributed by atoms with Gasteiger partial charge in [-0.05, 0) is 34.7 Å². The second-order valence-corrected chi connectivity index (χ2v) is 6.29. The molecule has 1 atom stereocenters. The fourth-order valence-electron chi connectivity index (χ4n) is 1.55. The third-order valence-electron chi connectivity index (χ3n) is 3.42. The first-order chi connectivity index (χ1) is 8.48.